The van der Waals surface area contributed by atoms with Gasteiger partial charge in [0.2, 0.25) is 29.5 Å². The van der Waals surface area contributed by atoms with Gasteiger partial charge in [-0.1, -0.05) is 30.3 Å². The van der Waals surface area contributed by atoms with Gasteiger partial charge in [0, 0.05) is 13.1 Å². The first-order valence-corrected chi connectivity index (χ1v) is 16.8. The quantitative estimate of drug-likeness (QED) is 0.234. The van der Waals surface area contributed by atoms with Crippen molar-refractivity contribution in [3.8, 4) is 0 Å². The summed E-state index contributed by atoms with van der Waals surface area (Å²) in [6.07, 6.45) is 1.40. The summed E-state index contributed by atoms with van der Waals surface area (Å²) in [5.74, 6) is -3.59. The number of carbonyl (C=O) groups excluding carboxylic acids is 7. The van der Waals surface area contributed by atoms with Crippen LogP contribution < -0.4 is 21.3 Å². The summed E-state index contributed by atoms with van der Waals surface area (Å²) in [5.41, 5.74) is -5.07. The number of nitrogens with zero attached hydrogens (tertiary/aromatic N) is 2. The molecule has 3 rings (SSSR count). The molecule has 276 valence electrons. The zero-order chi connectivity index (χ0) is 37.7. The molecule has 2 atom stereocenters. The Labute approximate surface area is 293 Å². The van der Waals surface area contributed by atoms with Crippen molar-refractivity contribution in [3.63, 3.8) is 0 Å². The van der Waals surface area contributed by atoms with Crippen LogP contribution in [0.1, 0.15) is 86.6 Å². The number of hydrogen-bond donors (Lipinski definition) is 4. The molecule has 0 spiro atoms. The second-order valence-electron chi connectivity index (χ2n) is 14.9. The maximum absolute atomic E-state index is 13.7. The van der Waals surface area contributed by atoms with Crippen LogP contribution in [0.15, 0.2) is 30.3 Å². The van der Waals surface area contributed by atoms with Crippen LogP contribution >= 0.6 is 0 Å². The van der Waals surface area contributed by atoms with Crippen LogP contribution in [-0.2, 0) is 44.8 Å². The highest BCUT2D eigenvalue weighted by Gasteiger charge is 2.46. The summed E-state index contributed by atoms with van der Waals surface area (Å²) in [4.78, 5) is 94.8. The summed E-state index contributed by atoms with van der Waals surface area (Å²) in [5, 5.41) is 10.5. The van der Waals surface area contributed by atoms with E-state index in [0.29, 0.717) is 38.8 Å². The lowest BCUT2D eigenvalue weighted by atomic mass is 9.95. The molecule has 2 aliphatic heterocycles. The number of amides is 6. The molecule has 0 aromatic heterocycles. The van der Waals surface area contributed by atoms with Gasteiger partial charge in [0.15, 0.2) is 0 Å². The molecule has 0 aliphatic carbocycles. The molecule has 2 heterocycles. The van der Waals surface area contributed by atoms with Gasteiger partial charge < -0.3 is 35.6 Å². The molecule has 1 aromatic carbocycles. The summed E-state index contributed by atoms with van der Waals surface area (Å²) < 4.78 is 10.2. The predicted molar refractivity (Wildman–Crippen MR) is 182 cm³/mol. The van der Waals surface area contributed by atoms with Crippen molar-refractivity contribution in [1.82, 2.24) is 31.1 Å². The second kappa shape index (κ2) is 15.5. The lowest BCUT2D eigenvalue weighted by Gasteiger charge is -2.36. The molecule has 0 radical (unpaired) electrons. The van der Waals surface area contributed by atoms with Crippen molar-refractivity contribution in [2.45, 2.75) is 122 Å². The van der Waals surface area contributed by atoms with E-state index >= 15 is 0 Å². The minimum absolute atomic E-state index is 0.0733. The van der Waals surface area contributed by atoms with E-state index in [1.54, 1.807) is 0 Å². The molecule has 0 bridgehead atoms. The van der Waals surface area contributed by atoms with Gasteiger partial charge in [0.25, 0.3) is 0 Å². The van der Waals surface area contributed by atoms with E-state index in [1.807, 2.05) is 30.3 Å². The van der Waals surface area contributed by atoms with Crippen molar-refractivity contribution < 1.29 is 43.0 Å². The number of benzene rings is 1. The van der Waals surface area contributed by atoms with Crippen LogP contribution in [0.25, 0.3) is 0 Å². The Hall–Kier alpha value is -4.69. The molecule has 2 fully saturated rings. The van der Waals surface area contributed by atoms with Gasteiger partial charge in [-0.05, 0) is 86.6 Å². The first-order chi connectivity index (χ1) is 23.1. The molecule has 50 heavy (non-hydrogen) atoms. The number of methoxy groups -OCH3 is 1. The molecule has 1 aromatic rings. The summed E-state index contributed by atoms with van der Waals surface area (Å²) in [7, 11) is 1.19. The average Bonchev–Trinajstić information content (AvgIpc) is 3.73. The van der Waals surface area contributed by atoms with Crippen LogP contribution in [0, 0.1) is 0 Å². The summed E-state index contributed by atoms with van der Waals surface area (Å²) in [6.45, 7) is 12.4. The van der Waals surface area contributed by atoms with E-state index in [0.717, 1.165) is 5.56 Å². The van der Waals surface area contributed by atoms with Gasteiger partial charge in [0.1, 0.15) is 40.8 Å². The van der Waals surface area contributed by atoms with Crippen LogP contribution in [0.3, 0.4) is 0 Å². The number of likely N-dealkylation sites (tertiary alicyclic amines) is 2. The normalized spacial score (nSPS) is 18.2. The lowest BCUT2D eigenvalue weighted by Crippen LogP contribution is -2.67. The van der Waals surface area contributed by atoms with Gasteiger partial charge in [-0.3, -0.25) is 28.9 Å². The van der Waals surface area contributed by atoms with Gasteiger partial charge in [0.05, 0.1) is 7.11 Å². The monoisotopic (exact) mass is 700 g/mol. The van der Waals surface area contributed by atoms with Crippen molar-refractivity contribution in [3.05, 3.63) is 35.9 Å². The zero-order valence-corrected chi connectivity index (χ0v) is 30.6. The molecular formula is C35H52N6O9. The Kier molecular flexibility index (Phi) is 12.3. The third kappa shape index (κ3) is 9.51. The first-order valence-electron chi connectivity index (χ1n) is 16.8. The number of carbonyl (C=O) groups is 7. The van der Waals surface area contributed by atoms with Gasteiger partial charge >= 0.3 is 12.1 Å². The Bertz CT molecular complexity index is 1470. The summed E-state index contributed by atoms with van der Waals surface area (Å²) >= 11 is 0. The third-order valence-electron chi connectivity index (χ3n) is 8.93. The van der Waals surface area contributed by atoms with E-state index in [-0.39, 0.29) is 12.5 Å². The maximum Gasteiger partial charge on any atom is 0.410 e. The van der Waals surface area contributed by atoms with Gasteiger partial charge in [-0.25, -0.2) is 9.59 Å². The molecule has 0 unspecified atom stereocenters. The van der Waals surface area contributed by atoms with Crippen molar-refractivity contribution >= 4 is 41.6 Å². The molecular weight excluding hydrogens is 648 g/mol. The van der Waals surface area contributed by atoms with E-state index < -0.39 is 69.9 Å². The highest BCUT2D eigenvalue weighted by Crippen LogP contribution is 2.26. The average molecular weight is 701 g/mol. The number of nitrogens with one attached hydrogen (secondary N) is 4. The van der Waals surface area contributed by atoms with Crippen LogP contribution in [0.4, 0.5) is 4.79 Å². The maximum atomic E-state index is 13.7. The molecule has 15 nitrogen and oxygen atoms in total. The lowest BCUT2D eigenvalue weighted by molar-refractivity contribution is -0.150. The molecule has 2 aliphatic rings. The van der Waals surface area contributed by atoms with Crippen molar-refractivity contribution in [1.29, 1.82) is 0 Å². The topological polar surface area (TPSA) is 193 Å². The Balaban J connectivity index is 1.61. The van der Waals surface area contributed by atoms with Crippen molar-refractivity contribution in [2.24, 2.45) is 0 Å². The Morgan fingerprint density at radius 2 is 1.12 bits per heavy atom. The second-order valence-corrected chi connectivity index (χ2v) is 14.9. The number of ether oxygens (including phenoxy) is 2. The zero-order valence-electron chi connectivity index (χ0n) is 30.6. The fourth-order valence-electron chi connectivity index (χ4n) is 5.73. The van der Waals surface area contributed by atoms with Crippen LogP contribution in [0.5, 0.6) is 0 Å². The molecule has 2 saturated heterocycles. The SMILES string of the molecule is COC(=O)C(C)(C)NC(=O)C(C)(C)NC(=O)C(C)(C)NC(=O)C(C)(C)NC(=O)[C@@H]1CCCN1C(=O)[C@H]1CCCN1C(=O)OCc1ccccc1. The van der Waals surface area contributed by atoms with E-state index in [9.17, 15) is 33.6 Å². The standard InChI is InChI=1S/C35H52N6O9/c1-32(2,27(44)37-33(3,4)28(45)38-34(5,6)29(46)39-35(7,8)30(47)49-9)36-25(42)23-17-13-19-40(23)26(43)24-18-14-20-41(24)31(48)50-21-22-15-11-10-12-16-22/h10-12,15-16,23-24H,13-14,17-21H2,1-9H3,(H,36,42)(H,37,44)(H,38,45)(H,39,46)/t23-,24+/m0/s1. The highest BCUT2D eigenvalue weighted by molar-refractivity contribution is 6.00. The fraction of sp³-hybridized carbons (Fsp3) is 0.629. The van der Waals surface area contributed by atoms with Crippen LogP contribution in [-0.4, -0.2) is 106 Å². The smallest absolute Gasteiger partial charge is 0.410 e. The van der Waals surface area contributed by atoms with E-state index in [2.05, 4.69) is 21.3 Å². The minimum atomic E-state index is -1.54. The molecule has 0 saturated carbocycles. The molecule has 4 N–H and O–H groups in total. The van der Waals surface area contributed by atoms with Gasteiger partial charge in [-0.15, -0.1) is 0 Å². The first kappa shape index (κ1) is 39.7. The Morgan fingerprint density at radius 1 is 0.660 bits per heavy atom. The number of hydrogen-bond acceptors (Lipinski definition) is 9. The highest BCUT2D eigenvalue weighted by atomic mass is 16.6. The third-order valence-corrected chi connectivity index (χ3v) is 8.93. The number of esters is 1. The van der Waals surface area contributed by atoms with Crippen molar-refractivity contribution in [2.75, 3.05) is 20.2 Å². The van der Waals surface area contributed by atoms with E-state index in [4.69, 9.17) is 9.47 Å². The summed E-state index contributed by atoms with van der Waals surface area (Å²) in [6, 6.07) is 7.60. The fourth-order valence-corrected chi connectivity index (χ4v) is 5.73. The Morgan fingerprint density at radius 3 is 1.64 bits per heavy atom. The molecule has 6 amide bonds. The van der Waals surface area contributed by atoms with Gasteiger partial charge in [-0.2, -0.15) is 0 Å². The predicted octanol–water partition coefficient (Wildman–Crippen LogP) is 1.53. The largest absolute Gasteiger partial charge is 0.467 e. The molecule has 15 heteroatoms. The number of rotatable bonds is 12. The van der Waals surface area contributed by atoms with E-state index in [1.165, 1.54) is 72.3 Å². The van der Waals surface area contributed by atoms with Crippen LogP contribution in [0.2, 0.25) is 0 Å². The minimum Gasteiger partial charge on any atom is -0.467 e.